The van der Waals surface area contributed by atoms with Gasteiger partial charge in [0.05, 0.1) is 5.54 Å². The minimum atomic E-state index is -0.566. The van der Waals surface area contributed by atoms with Crippen molar-refractivity contribution in [3.05, 3.63) is 63.9 Å². The van der Waals surface area contributed by atoms with E-state index in [1.54, 1.807) is 6.07 Å². The average Bonchev–Trinajstić information content (AvgIpc) is 2.42. The van der Waals surface area contributed by atoms with Crippen LogP contribution < -0.4 is 10.5 Å². The second-order valence-electron chi connectivity index (χ2n) is 5.35. The predicted octanol–water partition coefficient (Wildman–Crippen LogP) is 3.46. The number of fused-ring (bicyclic) bond motifs is 1. The van der Waals surface area contributed by atoms with Gasteiger partial charge in [-0.15, -0.1) is 0 Å². The number of rotatable bonds is 2. The van der Waals surface area contributed by atoms with E-state index < -0.39 is 5.54 Å². The Hall–Kier alpha value is -1.39. The highest BCUT2D eigenvalue weighted by molar-refractivity contribution is 9.10. The van der Waals surface area contributed by atoms with E-state index in [0.717, 1.165) is 15.8 Å². The van der Waals surface area contributed by atoms with Crippen LogP contribution in [0.4, 0.5) is 4.39 Å². The molecule has 4 heteroatoms. The summed E-state index contributed by atoms with van der Waals surface area (Å²) >= 11 is 3.26. The maximum atomic E-state index is 13.9. The van der Waals surface area contributed by atoms with E-state index in [4.69, 9.17) is 10.5 Å². The zero-order valence-corrected chi connectivity index (χ0v) is 12.5. The molecule has 0 aliphatic carbocycles. The Labute approximate surface area is 125 Å². The van der Waals surface area contributed by atoms with Gasteiger partial charge in [0.2, 0.25) is 0 Å². The number of hydrogen-bond acceptors (Lipinski definition) is 2. The monoisotopic (exact) mass is 335 g/mol. The molecule has 0 aromatic heterocycles. The van der Waals surface area contributed by atoms with Crippen LogP contribution in [-0.4, -0.2) is 12.1 Å². The van der Waals surface area contributed by atoms with Gasteiger partial charge in [0.1, 0.15) is 18.2 Å². The molecule has 3 rings (SSSR count). The first-order valence-corrected chi connectivity index (χ1v) is 7.29. The first-order chi connectivity index (χ1) is 9.56. The zero-order chi connectivity index (χ0) is 14.2. The van der Waals surface area contributed by atoms with Crippen LogP contribution >= 0.6 is 15.9 Å². The van der Waals surface area contributed by atoms with Gasteiger partial charge < -0.3 is 10.5 Å². The van der Waals surface area contributed by atoms with E-state index in [2.05, 4.69) is 15.9 Å². The fourth-order valence-corrected chi connectivity index (χ4v) is 2.93. The number of para-hydroxylation sites is 1. The molecule has 2 aromatic carbocycles. The third-order valence-corrected chi connectivity index (χ3v) is 4.08. The van der Waals surface area contributed by atoms with Crippen molar-refractivity contribution in [2.45, 2.75) is 18.4 Å². The van der Waals surface area contributed by atoms with Crippen LogP contribution in [0, 0.1) is 5.82 Å². The Bertz CT molecular complexity index is 646. The topological polar surface area (TPSA) is 35.2 Å². The predicted molar refractivity (Wildman–Crippen MR) is 80.4 cm³/mol. The Morgan fingerprint density at radius 1 is 1.25 bits per heavy atom. The number of halogens is 2. The molecule has 104 valence electrons. The molecule has 0 fully saturated rings. The summed E-state index contributed by atoms with van der Waals surface area (Å²) in [6, 6.07) is 12.9. The minimum absolute atomic E-state index is 0.233. The van der Waals surface area contributed by atoms with Crippen molar-refractivity contribution >= 4 is 15.9 Å². The Morgan fingerprint density at radius 2 is 2.05 bits per heavy atom. The van der Waals surface area contributed by atoms with E-state index in [0.29, 0.717) is 25.0 Å². The van der Waals surface area contributed by atoms with Crippen LogP contribution in [0.3, 0.4) is 0 Å². The van der Waals surface area contributed by atoms with E-state index in [1.165, 1.54) is 6.07 Å². The van der Waals surface area contributed by atoms with Crippen molar-refractivity contribution in [2.75, 3.05) is 6.61 Å². The molecule has 0 saturated carbocycles. The Kier molecular flexibility index (Phi) is 3.52. The Morgan fingerprint density at radius 3 is 2.85 bits per heavy atom. The lowest BCUT2D eigenvalue weighted by atomic mass is 9.84. The largest absolute Gasteiger partial charge is 0.491 e. The van der Waals surface area contributed by atoms with Crippen molar-refractivity contribution in [3.63, 3.8) is 0 Å². The SMILES string of the molecule is NC1(Cc2ccc(Br)cc2F)COc2ccccc2C1. The molecule has 2 N–H and O–H groups in total. The van der Waals surface area contributed by atoms with Gasteiger partial charge >= 0.3 is 0 Å². The third kappa shape index (κ3) is 2.72. The summed E-state index contributed by atoms with van der Waals surface area (Å²) in [4.78, 5) is 0. The molecule has 20 heavy (non-hydrogen) atoms. The molecule has 1 atom stereocenters. The summed E-state index contributed by atoms with van der Waals surface area (Å²) in [5.74, 6) is 0.646. The molecule has 0 amide bonds. The fourth-order valence-electron chi connectivity index (χ4n) is 2.60. The molecule has 0 saturated heterocycles. The third-order valence-electron chi connectivity index (χ3n) is 3.59. The van der Waals surface area contributed by atoms with Crippen molar-refractivity contribution in [1.29, 1.82) is 0 Å². The molecule has 0 spiro atoms. The Balaban J connectivity index is 1.84. The smallest absolute Gasteiger partial charge is 0.127 e. The van der Waals surface area contributed by atoms with Crippen LogP contribution in [0.25, 0.3) is 0 Å². The summed E-state index contributed by atoms with van der Waals surface area (Å²) in [6.07, 6.45) is 1.15. The number of hydrogen-bond donors (Lipinski definition) is 1. The lowest BCUT2D eigenvalue weighted by molar-refractivity contribution is 0.189. The molecule has 1 aliphatic heterocycles. The van der Waals surface area contributed by atoms with Crippen molar-refractivity contribution in [1.82, 2.24) is 0 Å². The summed E-state index contributed by atoms with van der Waals surface area (Å²) in [5, 5.41) is 0. The molecular formula is C16H15BrFNO. The van der Waals surface area contributed by atoms with Gasteiger partial charge in [0, 0.05) is 4.47 Å². The molecule has 2 aromatic rings. The first-order valence-electron chi connectivity index (χ1n) is 6.49. The molecule has 1 aliphatic rings. The quantitative estimate of drug-likeness (QED) is 0.912. The van der Waals surface area contributed by atoms with E-state index >= 15 is 0 Å². The summed E-state index contributed by atoms with van der Waals surface area (Å²) in [5.41, 5.74) is 7.55. The summed E-state index contributed by atoms with van der Waals surface area (Å²) in [6.45, 7) is 0.402. The second-order valence-corrected chi connectivity index (χ2v) is 6.26. The van der Waals surface area contributed by atoms with Gasteiger partial charge in [-0.2, -0.15) is 0 Å². The van der Waals surface area contributed by atoms with Crippen LogP contribution in [0.5, 0.6) is 5.75 Å². The summed E-state index contributed by atoms with van der Waals surface area (Å²) < 4.78 is 20.4. The molecule has 1 unspecified atom stereocenters. The maximum Gasteiger partial charge on any atom is 0.127 e. The maximum absolute atomic E-state index is 13.9. The van der Waals surface area contributed by atoms with Crippen LogP contribution in [0.1, 0.15) is 11.1 Å². The first kappa shape index (κ1) is 13.6. The van der Waals surface area contributed by atoms with E-state index in [1.807, 2.05) is 30.3 Å². The molecular weight excluding hydrogens is 321 g/mol. The van der Waals surface area contributed by atoms with Gasteiger partial charge in [-0.25, -0.2) is 4.39 Å². The van der Waals surface area contributed by atoms with E-state index in [9.17, 15) is 4.39 Å². The molecule has 0 bridgehead atoms. The fraction of sp³-hybridized carbons (Fsp3) is 0.250. The highest BCUT2D eigenvalue weighted by Crippen LogP contribution is 2.30. The van der Waals surface area contributed by atoms with Crippen LogP contribution in [0.15, 0.2) is 46.9 Å². The van der Waals surface area contributed by atoms with E-state index in [-0.39, 0.29) is 5.82 Å². The van der Waals surface area contributed by atoms with Crippen molar-refractivity contribution in [2.24, 2.45) is 5.73 Å². The highest BCUT2D eigenvalue weighted by atomic mass is 79.9. The molecule has 0 radical (unpaired) electrons. The number of nitrogens with two attached hydrogens (primary N) is 1. The van der Waals surface area contributed by atoms with Crippen molar-refractivity contribution < 1.29 is 9.13 Å². The van der Waals surface area contributed by atoms with Gasteiger partial charge in [-0.1, -0.05) is 40.2 Å². The molecule has 2 nitrogen and oxygen atoms in total. The standard InChI is InChI=1S/C16H15BrFNO/c17-13-6-5-11(14(18)7-13)8-16(19)9-12-3-1-2-4-15(12)20-10-16/h1-7H,8-10,19H2. The van der Waals surface area contributed by atoms with Crippen LogP contribution in [0.2, 0.25) is 0 Å². The number of benzene rings is 2. The van der Waals surface area contributed by atoms with Gasteiger partial charge in [-0.05, 0) is 42.2 Å². The van der Waals surface area contributed by atoms with Crippen molar-refractivity contribution in [3.8, 4) is 5.75 Å². The minimum Gasteiger partial charge on any atom is -0.491 e. The zero-order valence-electron chi connectivity index (χ0n) is 10.9. The lowest BCUT2D eigenvalue weighted by Crippen LogP contribution is -2.51. The molecule has 1 heterocycles. The normalized spacial score (nSPS) is 21.1. The average molecular weight is 336 g/mol. The van der Waals surface area contributed by atoms with Gasteiger partial charge in [-0.3, -0.25) is 0 Å². The second kappa shape index (κ2) is 5.19. The van der Waals surface area contributed by atoms with Gasteiger partial charge in [0.25, 0.3) is 0 Å². The number of ether oxygens (including phenoxy) is 1. The summed E-state index contributed by atoms with van der Waals surface area (Å²) in [7, 11) is 0. The van der Waals surface area contributed by atoms with Crippen LogP contribution in [-0.2, 0) is 12.8 Å². The van der Waals surface area contributed by atoms with Gasteiger partial charge in [0.15, 0.2) is 0 Å². The lowest BCUT2D eigenvalue weighted by Gasteiger charge is -2.34. The highest BCUT2D eigenvalue weighted by Gasteiger charge is 2.32.